The number of rotatable bonds is 7. The first-order valence-corrected chi connectivity index (χ1v) is 12.9. The summed E-state index contributed by atoms with van der Waals surface area (Å²) in [5.74, 6) is 0.485. The Balaban J connectivity index is 1.55. The van der Waals surface area contributed by atoms with E-state index in [2.05, 4.69) is 35.9 Å². The molecule has 1 aliphatic heterocycles. The standard InChI is InChI=1S/C23H29F3OSi/c1-2-3-4-15-28-16-13-21(14-17-28)19-7-5-18(6-8-19)20-9-11-22(12-10-20)27-23(24,25)26/h5-12,21,28H,2-4,13-17H2,1H3. The van der Waals surface area contributed by atoms with E-state index in [1.54, 1.807) is 12.1 Å². The van der Waals surface area contributed by atoms with Gasteiger partial charge >= 0.3 is 6.36 Å². The normalized spacial score (nSPS) is 20.1. The number of hydrogen-bond donors (Lipinski definition) is 0. The van der Waals surface area contributed by atoms with Crippen LogP contribution in [0, 0.1) is 0 Å². The van der Waals surface area contributed by atoms with Crippen molar-refractivity contribution in [1.82, 2.24) is 0 Å². The van der Waals surface area contributed by atoms with Crippen molar-refractivity contribution >= 4 is 8.80 Å². The van der Waals surface area contributed by atoms with Gasteiger partial charge in [-0.1, -0.05) is 80.7 Å². The highest BCUT2D eigenvalue weighted by atomic mass is 28.3. The van der Waals surface area contributed by atoms with Crippen LogP contribution < -0.4 is 4.74 Å². The van der Waals surface area contributed by atoms with E-state index in [-0.39, 0.29) is 5.75 Å². The molecule has 1 heterocycles. The van der Waals surface area contributed by atoms with Crippen LogP contribution in [0.15, 0.2) is 48.5 Å². The number of hydrogen-bond acceptors (Lipinski definition) is 1. The summed E-state index contributed by atoms with van der Waals surface area (Å²) in [6.45, 7) is 2.27. The van der Waals surface area contributed by atoms with Crippen LogP contribution in [-0.2, 0) is 0 Å². The molecule has 5 heteroatoms. The highest BCUT2D eigenvalue weighted by Crippen LogP contribution is 2.36. The minimum atomic E-state index is -4.65. The van der Waals surface area contributed by atoms with E-state index in [1.165, 1.54) is 67.9 Å². The van der Waals surface area contributed by atoms with Gasteiger partial charge in [0, 0.05) is 8.80 Å². The molecule has 1 fully saturated rings. The molecule has 0 unspecified atom stereocenters. The number of ether oxygens (including phenoxy) is 1. The molecule has 1 saturated heterocycles. The fourth-order valence-electron chi connectivity index (χ4n) is 4.26. The summed E-state index contributed by atoms with van der Waals surface area (Å²) in [6.07, 6.45) is 2.13. The zero-order chi connectivity index (χ0) is 20.0. The van der Waals surface area contributed by atoms with Gasteiger partial charge in [0.1, 0.15) is 5.75 Å². The van der Waals surface area contributed by atoms with Gasteiger partial charge in [0.05, 0.1) is 0 Å². The smallest absolute Gasteiger partial charge is 0.406 e. The fourth-order valence-corrected chi connectivity index (χ4v) is 7.74. The Morgan fingerprint density at radius 3 is 2.00 bits per heavy atom. The van der Waals surface area contributed by atoms with Gasteiger partial charge in [0.25, 0.3) is 0 Å². The molecule has 2 aromatic rings. The second-order valence-corrected chi connectivity index (χ2v) is 11.4. The molecule has 2 aromatic carbocycles. The number of halogens is 3. The van der Waals surface area contributed by atoms with Crippen LogP contribution in [-0.4, -0.2) is 15.2 Å². The predicted octanol–water partition coefficient (Wildman–Crippen LogP) is 7.55. The zero-order valence-corrected chi connectivity index (χ0v) is 17.6. The van der Waals surface area contributed by atoms with Gasteiger partial charge in [0.2, 0.25) is 0 Å². The molecule has 28 heavy (non-hydrogen) atoms. The van der Waals surface area contributed by atoms with Crippen molar-refractivity contribution < 1.29 is 17.9 Å². The highest BCUT2D eigenvalue weighted by Gasteiger charge is 2.31. The first kappa shape index (κ1) is 21.0. The Morgan fingerprint density at radius 2 is 1.46 bits per heavy atom. The van der Waals surface area contributed by atoms with Crippen molar-refractivity contribution in [2.75, 3.05) is 0 Å². The summed E-state index contributed by atoms with van der Waals surface area (Å²) in [7, 11) is -0.491. The lowest BCUT2D eigenvalue weighted by atomic mass is 9.92. The van der Waals surface area contributed by atoms with E-state index >= 15 is 0 Å². The first-order valence-electron chi connectivity index (χ1n) is 10.4. The van der Waals surface area contributed by atoms with Crippen LogP contribution >= 0.6 is 0 Å². The quantitative estimate of drug-likeness (QED) is 0.341. The van der Waals surface area contributed by atoms with E-state index in [9.17, 15) is 13.2 Å². The van der Waals surface area contributed by atoms with Gasteiger partial charge in [-0.2, -0.15) is 0 Å². The number of benzene rings is 2. The van der Waals surface area contributed by atoms with Crippen molar-refractivity contribution in [3.05, 3.63) is 54.1 Å². The van der Waals surface area contributed by atoms with Gasteiger partial charge in [-0.15, -0.1) is 13.2 Å². The molecule has 0 radical (unpaired) electrons. The molecule has 0 bridgehead atoms. The van der Waals surface area contributed by atoms with Crippen LogP contribution in [0.5, 0.6) is 5.75 Å². The monoisotopic (exact) mass is 406 g/mol. The molecule has 0 aliphatic carbocycles. The van der Waals surface area contributed by atoms with Crippen molar-refractivity contribution in [1.29, 1.82) is 0 Å². The third-order valence-electron chi connectivity index (χ3n) is 5.87. The summed E-state index contributed by atoms with van der Waals surface area (Å²) in [5.41, 5.74) is 3.32. The Hall–Kier alpha value is -1.75. The summed E-state index contributed by atoms with van der Waals surface area (Å²) < 4.78 is 40.7. The van der Waals surface area contributed by atoms with Gasteiger partial charge in [0.15, 0.2) is 0 Å². The van der Waals surface area contributed by atoms with Gasteiger partial charge < -0.3 is 4.74 Å². The van der Waals surface area contributed by atoms with Gasteiger partial charge in [-0.05, 0) is 47.6 Å². The Bertz CT molecular complexity index is 717. The van der Waals surface area contributed by atoms with E-state index < -0.39 is 15.2 Å². The summed E-state index contributed by atoms with van der Waals surface area (Å²) >= 11 is 0. The molecule has 0 aromatic heterocycles. The summed E-state index contributed by atoms with van der Waals surface area (Å²) in [5, 5.41) is 0. The van der Waals surface area contributed by atoms with Crippen molar-refractivity contribution in [2.24, 2.45) is 0 Å². The molecule has 0 N–H and O–H groups in total. The van der Waals surface area contributed by atoms with Crippen LogP contribution in [0.3, 0.4) is 0 Å². The third kappa shape index (κ3) is 6.13. The van der Waals surface area contributed by atoms with E-state index in [1.807, 2.05) is 0 Å². The first-order chi connectivity index (χ1) is 13.4. The summed E-state index contributed by atoms with van der Waals surface area (Å²) in [4.78, 5) is 0. The van der Waals surface area contributed by atoms with Crippen LogP contribution in [0.1, 0.15) is 50.5 Å². The largest absolute Gasteiger partial charge is 0.573 e. The molecule has 3 rings (SSSR count). The Morgan fingerprint density at radius 1 is 0.893 bits per heavy atom. The maximum Gasteiger partial charge on any atom is 0.573 e. The van der Waals surface area contributed by atoms with Crippen LogP contribution in [0.2, 0.25) is 18.1 Å². The van der Waals surface area contributed by atoms with Crippen molar-refractivity contribution in [3.8, 4) is 16.9 Å². The number of unbranched alkanes of at least 4 members (excludes halogenated alkanes) is 2. The SMILES string of the molecule is CCCCC[SiH]1CCC(c2ccc(-c3ccc(OC(F)(F)F)cc3)cc2)CC1. The maximum absolute atomic E-state index is 12.3. The van der Waals surface area contributed by atoms with Gasteiger partial charge in [-0.25, -0.2) is 0 Å². The average molecular weight is 407 g/mol. The van der Waals surface area contributed by atoms with Gasteiger partial charge in [-0.3, -0.25) is 0 Å². The average Bonchev–Trinajstić information content (AvgIpc) is 2.68. The molecule has 1 aliphatic rings. The lowest BCUT2D eigenvalue weighted by molar-refractivity contribution is -0.274. The minimum Gasteiger partial charge on any atom is -0.406 e. The molecular weight excluding hydrogens is 377 g/mol. The lowest BCUT2D eigenvalue weighted by Gasteiger charge is -2.28. The van der Waals surface area contributed by atoms with Crippen molar-refractivity contribution in [3.63, 3.8) is 0 Å². The Labute approximate surface area is 167 Å². The second-order valence-electron chi connectivity index (χ2n) is 7.91. The van der Waals surface area contributed by atoms with Crippen LogP contribution in [0.25, 0.3) is 11.1 Å². The predicted molar refractivity (Wildman–Crippen MR) is 112 cm³/mol. The molecular formula is C23H29F3OSi. The minimum absolute atomic E-state index is 0.187. The molecule has 0 saturated carbocycles. The molecule has 0 atom stereocenters. The third-order valence-corrected chi connectivity index (χ3v) is 9.39. The highest BCUT2D eigenvalue weighted by molar-refractivity contribution is 6.59. The summed E-state index contributed by atoms with van der Waals surface area (Å²) in [6, 6.07) is 19.1. The lowest BCUT2D eigenvalue weighted by Crippen LogP contribution is -2.20. The molecule has 1 nitrogen and oxygen atoms in total. The molecule has 0 amide bonds. The fraction of sp³-hybridized carbons (Fsp3) is 0.478. The van der Waals surface area contributed by atoms with Crippen molar-refractivity contribution in [2.45, 2.75) is 69.4 Å². The zero-order valence-electron chi connectivity index (χ0n) is 16.5. The molecule has 152 valence electrons. The topological polar surface area (TPSA) is 9.23 Å². The second kappa shape index (κ2) is 9.64. The van der Waals surface area contributed by atoms with E-state index in [0.717, 1.165) is 11.1 Å². The van der Waals surface area contributed by atoms with E-state index in [0.29, 0.717) is 5.92 Å². The maximum atomic E-state index is 12.3. The van der Waals surface area contributed by atoms with Crippen LogP contribution in [0.4, 0.5) is 13.2 Å². The molecule has 0 spiro atoms. The number of alkyl halides is 3. The Kier molecular flexibility index (Phi) is 7.22. The van der Waals surface area contributed by atoms with E-state index in [4.69, 9.17) is 0 Å².